The second-order valence-electron chi connectivity index (χ2n) is 11.6. The van der Waals surface area contributed by atoms with Crippen LogP contribution in [0.1, 0.15) is 54.4 Å². The molecule has 2 aromatic rings. The van der Waals surface area contributed by atoms with E-state index in [-0.39, 0.29) is 57.8 Å². The smallest absolute Gasteiger partial charge is 0.326 e. The van der Waals surface area contributed by atoms with Crippen molar-refractivity contribution in [2.75, 3.05) is 33.0 Å². The molecule has 15 nitrogen and oxygen atoms in total. The van der Waals surface area contributed by atoms with E-state index in [0.717, 1.165) is 5.56 Å². The molecule has 0 bridgehead atoms. The lowest BCUT2D eigenvalue weighted by atomic mass is 10.0. The number of carbonyl (C=O) groups excluding carboxylic acids is 4. The molecule has 4 atom stereocenters. The zero-order valence-electron chi connectivity index (χ0n) is 27.5. The quantitative estimate of drug-likeness (QED) is 0.108. The Kier molecular flexibility index (Phi) is 16.5. The van der Waals surface area contributed by atoms with E-state index in [0.29, 0.717) is 31.6 Å². The number of hydrogen-bond donors (Lipinski definition) is 7. The molecular weight excluding hydrogens is 634 g/mol. The van der Waals surface area contributed by atoms with Gasteiger partial charge in [-0.05, 0) is 49.8 Å². The third-order valence-corrected chi connectivity index (χ3v) is 7.70. The molecule has 49 heavy (non-hydrogen) atoms. The predicted molar refractivity (Wildman–Crippen MR) is 181 cm³/mol. The molecular formula is C34H47N7O8. The Bertz CT molecular complexity index is 1390. The number of nitrogens with zero attached hydrogens (tertiary/aromatic N) is 1. The topological polar surface area (TPSA) is 237 Å². The standard InChI is InChI=1S/C34H47N7O8/c35-34(36)37-17-9-14-25-30(43)40-27(33(46)47)16-21-49-19-8-7-18-48-20-15-26(38-29(42)24-12-5-2-6-13-24)31(44)41-28(32(45)39-25)22-23-10-3-1-4-11-23/h1-6,10-13,25-28H,7-9,14-22H2,(H,38,42)(H,39,45)(H,40,43)(H,41,44)(H,46,47)(H4,35,36,37). The Morgan fingerprint density at radius 2 is 1.39 bits per heavy atom. The second-order valence-corrected chi connectivity index (χ2v) is 11.6. The van der Waals surface area contributed by atoms with Crippen LogP contribution in [0.15, 0.2) is 65.7 Å². The third-order valence-electron chi connectivity index (χ3n) is 7.70. The summed E-state index contributed by atoms with van der Waals surface area (Å²) in [5, 5.41) is 20.5. The van der Waals surface area contributed by atoms with Gasteiger partial charge in [0.2, 0.25) is 17.7 Å². The molecule has 0 spiro atoms. The molecule has 1 aliphatic rings. The van der Waals surface area contributed by atoms with Crippen molar-refractivity contribution in [1.82, 2.24) is 21.3 Å². The summed E-state index contributed by atoms with van der Waals surface area (Å²) < 4.78 is 11.3. The van der Waals surface area contributed by atoms with Crippen LogP contribution < -0.4 is 32.7 Å². The zero-order chi connectivity index (χ0) is 35.4. The van der Waals surface area contributed by atoms with Gasteiger partial charge in [0.1, 0.15) is 24.2 Å². The van der Waals surface area contributed by atoms with Gasteiger partial charge in [0.05, 0.1) is 0 Å². The fourth-order valence-corrected chi connectivity index (χ4v) is 5.02. The summed E-state index contributed by atoms with van der Waals surface area (Å²) in [6.07, 6.45) is 1.83. The average Bonchev–Trinajstić information content (AvgIpc) is 3.08. The highest BCUT2D eigenvalue weighted by molar-refractivity contribution is 5.99. The summed E-state index contributed by atoms with van der Waals surface area (Å²) in [6.45, 7) is 1.14. The molecule has 1 aliphatic heterocycles. The minimum Gasteiger partial charge on any atom is -0.480 e. The van der Waals surface area contributed by atoms with Crippen LogP contribution in [0.5, 0.6) is 0 Å². The van der Waals surface area contributed by atoms with Crippen LogP contribution >= 0.6 is 0 Å². The van der Waals surface area contributed by atoms with Crippen LogP contribution in [0, 0.1) is 0 Å². The van der Waals surface area contributed by atoms with Gasteiger partial charge in [-0.25, -0.2) is 4.79 Å². The molecule has 0 radical (unpaired) electrons. The lowest BCUT2D eigenvalue weighted by molar-refractivity contribution is -0.143. The normalized spacial score (nSPS) is 22.0. The fraction of sp³-hybridized carbons (Fsp3) is 0.471. The number of benzene rings is 2. The molecule has 1 heterocycles. The summed E-state index contributed by atoms with van der Waals surface area (Å²) in [6, 6.07) is 12.7. The van der Waals surface area contributed by atoms with E-state index in [1.807, 2.05) is 6.07 Å². The van der Waals surface area contributed by atoms with E-state index in [1.54, 1.807) is 54.6 Å². The van der Waals surface area contributed by atoms with Gasteiger partial charge < -0.3 is 47.3 Å². The van der Waals surface area contributed by atoms with Gasteiger partial charge in [0.15, 0.2) is 5.96 Å². The summed E-state index contributed by atoms with van der Waals surface area (Å²) in [4.78, 5) is 70.1. The van der Waals surface area contributed by atoms with Gasteiger partial charge in [-0.15, -0.1) is 0 Å². The van der Waals surface area contributed by atoms with E-state index < -0.39 is 53.8 Å². The van der Waals surface area contributed by atoms with Gasteiger partial charge in [-0.3, -0.25) is 24.2 Å². The number of rotatable bonds is 9. The van der Waals surface area contributed by atoms with Gasteiger partial charge in [0.25, 0.3) is 5.91 Å². The van der Waals surface area contributed by atoms with E-state index in [1.165, 1.54) is 0 Å². The maximum absolute atomic E-state index is 13.9. The Hall–Kier alpha value is -5.02. The second kappa shape index (κ2) is 21.1. The lowest BCUT2D eigenvalue weighted by Gasteiger charge is -2.26. The van der Waals surface area contributed by atoms with Crippen molar-refractivity contribution in [1.29, 1.82) is 0 Å². The minimum absolute atomic E-state index is 0.00895. The highest BCUT2D eigenvalue weighted by Crippen LogP contribution is 2.09. The molecule has 266 valence electrons. The first-order valence-electron chi connectivity index (χ1n) is 16.4. The van der Waals surface area contributed by atoms with Crippen LogP contribution in [0.2, 0.25) is 0 Å². The number of nitrogens with one attached hydrogen (secondary N) is 4. The van der Waals surface area contributed by atoms with Crippen molar-refractivity contribution in [3.63, 3.8) is 0 Å². The van der Waals surface area contributed by atoms with Gasteiger partial charge >= 0.3 is 5.97 Å². The number of aliphatic imine (C=N–C) groups is 1. The largest absolute Gasteiger partial charge is 0.480 e. The van der Waals surface area contributed by atoms with E-state index in [4.69, 9.17) is 20.9 Å². The number of guanidine groups is 1. The number of amides is 4. The van der Waals surface area contributed by atoms with Crippen LogP contribution in [-0.4, -0.2) is 97.8 Å². The van der Waals surface area contributed by atoms with E-state index in [2.05, 4.69) is 26.3 Å². The van der Waals surface area contributed by atoms with Crippen LogP contribution in [-0.2, 0) is 35.1 Å². The Morgan fingerprint density at radius 1 is 0.796 bits per heavy atom. The zero-order valence-corrected chi connectivity index (χ0v) is 27.5. The Morgan fingerprint density at radius 3 is 2.02 bits per heavy atom. The van der Waals surface area contributed by atoms with Gasteiger partial charge in [0, 0.05) is 51.4 Å². The summed E-state index contributed by atoms with van der Waals surface area (Å²) in [5.74, 6) is -3.90. The molecule has 1 fully saturated rings. The van der Waals surface area contributed by atoms with Crippen molar-refractivity contribution >= 4 is 35.6 Å². The van der Waals surface area contributed by atoms with Crippen molar-refractivity contribution in [3.05, 3.63) is 71.8 Å². The first kappa shape index (κ1) is 38.4. The summed E-state index contributed by atoms with van der Waals surface area (Å²) in [5.41, 5.74) is 11.9. The summed E-state index contributed by atoms with van der Waals surface area (Å²) in [7, 11) is 0. The number of carboxylic acid groups (broad SMARTS) is 1. The Balaban J connectivity index is 1.90. The van der Waals surface area contributed by atoms with Crippen LogP contribution in [0.3, 0.4) is 0 Å². The van der Waals surface area contributed by atoms with Crippen LogP contribution in [0.4, 0.5) is 0 Å². The van der Waals surface area contributed by atoms with E-state index in [9.17, 15) is 29.1 Å². The minimum atomic E-state index is -1.27. The molecule has 9 N–H and O–H groups in total. The lowest BCUT2D eigenvalue weighted by Crippen LogP contribution is -2.58. The van der Waals surface area contributed by atoms with Crippen molar-refractivity contribution < 1.29 is 38.6 Å². The van der Waals surface area contributed by atoms with Crippen molar-refractivity contribution in [2.24, 2.45) is 16.5 Å². The molecule has 2 aromatic carbocycles. The van der Waals surface area contributed by atoms with Gasteiger partial charge in [-0.2, -0.15) is 0 Å². The number of aliphatic carboxylic acids is 1. The highest BCUT2D eigenvalue weighted by atomic mass is 16.5. The monoisotopic (exact) mass is 681 g/mol. The van der Waals surface area contributed by atoms with Crippen molar-refractivity contribution in [3.8, 4) is 0 Å². The molecule has 0 aliphatic carbocycles. The first-order valence-corrected chi connectivity index (χ1v) is 16.4. The van der Waals surface area contributed by atoms with E-state index >= 15 is 0 Å². The fourth-order valence-electron chi connectivity index (χ4n) is 5.02. The Labute approximate surface area is 285 Å². The molecule has 3 rings (SSSR count). The number of carboxylic acids is 1. The SMILES string of the molecule is NC(N)=NCCCC1NC(=O)C(Cc2ccccc2)NC(=O)C(NC(=O)c2ccccc2)CCOCCCCOCCC(C(=O)O)NC1=O. The van der Waals surface area contributed by atoms with Gasteiger partial charge in [-0.1, -0.05) is 48.5 Å². The highest BCUT2D eigenvalue weighted by Gasteiger charge is 2.31. The first-order chi connectivity index (χ1) is 23.6. The average molecular weight is 682 g/mol. The third kappa shape index (κ3) is 14.3. The van der Waals surface area contributed by atoms with Crippen molar-refractivity contribution in [2.45, 2.75) is 69.1 Å². The molecule has 15 heteroatoms. The number of ether oxygens (including phenoxy) is 2. The molecule has 1 saturated heterocycles. The molecule has 4 amide bonds. The number of carbonyl (C=O) groups is 5. The molecule has 4 unspecified atom stereocenters. The number of hydrogen-bond acceptors (Lipinski definition) is 8. The number of nitrogens with two attached hydrogens (primary N) is 2. The molecule has 0 aromatic heterocycles. The maximum Gasteiger partial charge on any atom is 0.326 e. The molecule has 0 saturated carbocycles. The summed E-state index contributed by atoms with van der Waals surface area (Å²) >= 11 is 0. The maximum atomic E-state index is 13.9. The van der Waals surface area contributed by atoms with Crippen LogP contribution in [0.25, 0.3) is 0 Å². The predicted octanol–water partition coefficient (Wildman–Crippen LogP) is 0.228.